The first kappa shape index (κ1) is 18.1. The summed E-state index contributed by atoms with van der Waals surface area (Å²) in [6.07, 6.45) is 0.442. The molecule has 0 aliphatic rings. The normalized spacial score (nSPS) is 12.2. The van der Waals surface area contributed by atoms with Crippen LogP contribution in [0, 0.1) is 0 Å². The molecule has 24 heavy (non-hydrogen) atoms. The van der Waals surface area contributed by atoms with Crippen molar-refractivity contribution in [2.75, 3.05) is 0 Å². The van der Waals surface area contributed by atoms with Crippen LogP contribution in [0.4, 0.5) is 14.5 Å². The first-order valence-electron chi connectivity index (χ1n) is 7.53. The highest BCUT2D eigenvalue weighted by molar-refractivity contribution is 5.73. The molecule has 0 saturated heterocycles. The van der Waals surface area contributed by atoms with Crippen molar-refractivity contribution in [2.45, 2.75) is 45.3 Å². The van der Waals surface area contributed by atoms with Crippen LogP contribution in [0.2, 0.25) is 0 Å². The summed E-state index contributed by atoms with van der Waals surface area (Å²) in [5.41, 5.74) is -0.865. The van der Waals surface area contributed by atoms with Crippen LogP contribution in [0.15, 0.2) is 34.0 Å². The van der Waals surface area contributed by atoms with E-state index in [9.17, 15) is 13.9 Å². The first-order chi connectivity index (χ1) is 11.2. The van der Waals surface area contributed by atoms with E-state index in [1.807, 2.05) is 6.92 Å². The second kappa shape index (κ2) is 6.68. The van der Waals surface area contributed by atoms with E-state index in [0.29, 0.717) is 23.4 Å². The standard InChI is InChI=1S/C17H20F2N2O3/c1-5-6-11-12(15-21-9-10-23-15)7-8-13(14(11)20-4)24-17(18,19)16(2,3)22/h7-10,22H,4-6H2,1-3H3. The van der Waals surface area contributed by atoms with E-state index in [1.54, 1.807) is 6.07 Å². The van der Waals surface area contributed by atoms with Crippen LogP contribution < -0.4 is 4.74 Å². The van der Waals surface area contributed by atoms with E-state index in [0.717, 1.165) is 20.3 Å². The summed E-state index contributed by atoms with van der Waals surface area (Å²) in [7, 11) is 0. The maximum absolute atomic E-state index is 14.1. The topological polar surface area (TPSA) is 67.8 Å². The fourth-order valence-electron chi connectivity index (χ4n) is 2.19. The lowest BCUT2D eigenvalue weighted by atomic mass is 10.00. The molecule has 0 unspecified atom stereocenters. The molecule has 1 heterocycles. The number of halogens is 2. The lowest BCUT2D eigenvalue weighted by Gasteiger charge is -2.29. The monoisotopic (exact) mass is 338 g/mol. The van der Waals surface area contributed by atoms with Crippen LogP contribution in [-0.2, 0) is 6.42 Å². The Kier molecular flexibility index (Phi) is 5.03. The number of aliphatic hydroxyl groups is 1. The summed E-state index contributed by atoms with van der Waals surface area (Å²) in [6, 6.07) is 2.93. The first-order valence-corrected chi connectivity index (χ1v) is 7.53. The number of aliphatic imine (C=N–C) groups is 1. The average molecular weight is 338 g/mol. The minimum Gasteiger partial charge on any atom is -0.445 e. The van der Waals surface area contributed by atoms with Crippen molar-refractivity contribution >= 4 is 12.4 Å². The Balaban J connectivity index is 2.55. The highest BCUT2D eigenvalue weighted by atomic mass is 19.3. The van der Waals surface area contributed by atoms with Gasteiger partial charge < -0.3 is 14.3 Å². The summed E-state index contributed by atoms with van der Waals surface area (Å²) < 4.78 is 38.2. The van der Waals surface area contributed by atoms with Gasteiger partial charge in [0, 0.05) is 5.56 Å². The molecule has 1 N–H and O–H groups in total. The summed E-state index contributed by atoms with van der Waals surface area (Å²) in [5, 5.41) is 9.60. The molecule has 0 radical (unpaired) electrons. The van der Waals surface area contributed by atoms with Crippen molar-refractivity contribution in [3.05, 3.63) is 30.2 Å². The van der Waals surface area contributed by atoms with Crippen molar-refractivity contribution in [3.63, 3.8) is 0 Å². The molecular weight excluding hydrogens is 318 g/mol. The molecular formula is C17H20F2N2O3. The SMILES string of the molecule is C=Nc1c(OC(F)(F)C(C)(C)O)ccc(-c2ncco2)c1CCC. The number of hydrogen-bond acceptors (Lipinski definition) is 5. The molecule has 130 valence electrons. The van der Waals surface area contributed by atoms with Crippen molar-refractivity contribution in [3.8, 4) is 17.2 Å². The molecule has 0 aliphatic carbocycles. The van der Waals surface area contributed by atoms with Gasteiger partial charge in [-0.15, -0.1) is 0 Å². The molecule has 7 heteroatoms. The summed E-state index contributed by atoms with van der Waals surface area (Å²) in [4.78, 5) is 7.96. The van der Waals surface area contributed by atoms with Gasteiger partial charge in [0.1, 0.15) is 12.0 Å². The van der Waals surface area contributed by atoms with Crippen LogP contribution in [0.5, 0.6) is 5.75 Å². The fraction of sp³-hybridized carbons (Fsp3) is 0.412. The number of alkyl halides is 2. The minimum atomic E-state index is -3.79. The van der Waals surface area contributed by atoms with Gasteiger partial charge in [0.05, 0.1) is 6.20 Å². The number of nitrogens with zero attached hydrogens (tertiary/aromatic N) is 2. The summed E-state index contributed by atoms with van der Waals surface area (Å²) >= 11 is 0. The highest BCUT2D eigenvalue weighted by Gasteiger charge is 2.49. The van der Waals surface area contributed by atoms with Crippen molar-refractivity contribution < 1.29 is 23.0 Å². The second-order valence-corrected chi connectivity index (χ2v) is 5.86. The van der Waals surface area contributed by atoms with E-state index in [1.165, 1.54) is 18.5 Å². The molecule has 5 nitrogen and oxygen atoms in total. The highest BCUT2D eigenvalue weighted by Crippen LogP contribution is 2.42. The lowest BCUT2D eigenvalue weighted by Crippen LogP contribution is -2.47. The third-order valence-electron chi connectivity index (χ3n) is 3.52. The van der Waals surface area contributed by atoms with Crippen LogP contribution in [-0.4, -0.2) is 28.5 Å². The second-order valence-electron chi connectivity index (χ2n) is 5.86. The number of ether oxygens (including phenoxy) is 1. The molecule has 2 rings (SSSR count). The maximum Gasteiger partial charge on any atom is 0.426 e. The number of aromatic nitrogens is 1. The van der Waals surface area contributed by atoms with Gasteiger partial charge in [0.25, 0.3) is 0 Å². The van der Waals surface area contributed by atoms with Crippen molar-refractivity contribution in [1.29, 1.82) is 0 Å². The van der Waals surface area contributed by atoms with Crippen LogP contribution in [0.3, 0.4) is 0 Å². The zero-order chi connectivity index (χ0) is 18.0. The van der Waals surface area contributed by atoms with E-state index in [2.05, 4.69) is 16.7 Å². The van der Waals surface area contributed by atoms with Gasteiger partial charge in [0.15, 0.2) is 11.4 Å². The van der Waals surface area contributed by atoms with Crippen LogP contribution in [0.25, 0.3) is 11.5 Å². The maximum atomic E-state index is 14.1. The lowest BCUT2D eigenvalue weighted by molar-refractivity contribution is -0.276. The molecule has 0 amide bonds. The number of rotatable bonds is 7. The summed E-state index contributed by atoms with van der Waals surface area (Å²) in [6.45, 7) is 7.36. The molecule has 1 aromatic heterocycles. The Labute approximate surface area is 139 Å². The van der Waals surface area contributed by atoms with Crippen LogP contribution >= 0.6 is 0 Å². The number of oxazole rings is 1. The van der Waals surface area contributed by atoms with Crippen molar-refractivity contribution in [2.24, 2.45) is 4.99 Å². The van der Waals surface area contributed by atoms with Gasteiger partial charge in [-0.1, -0.05) is 13.3 Å². The van der Waals surface area contributed by atoms with Crippen molar-refractivity contribution in [1.82, 2.24) is 4.98 Å². The predicted octanol–water partition coefficient (Wildman–Crippen LogP) is 4.37. The van der Waals surface area contributed by atoms with E-state index < -0.39 is 11.7 Å². The third kappa shape index (κ3) is 3.46. The number of hydrogen-bond donors (Lipinski definition) is 1. The molecule has 0 aliphatic heterocycles. The molecule has 0 atom stereocenters. The molecule has 0 spiro atoms. The zero-order valence-corrected chi connectivity index (χ0v) is 13.8. The molecule has 1 aromatic carbocycles. The van der Waals surface area contributed by atoms with Gasteiger partial charge >= 0.3 is 6.11 Å². The minimum absolute atomic E-state index is 0.157. The Morgan fingerprint density at radius 1 is 1.38 bits per heavy atom. The quantitative estimate of drug-likeness (QED) is 0.761. The number of benzene rings is 1. The molecule has 0 bridgehead atoms. The summed E-state index contributed by atoms with van der Waals surface area (Å²) in [5.74, 6) is 0.208. The predicted molar refractivity (Wildman–Crippen MR) is 87.0 cm³/mol. The molecule has 2 aromatic rings. The van der Waals surface area contributed by atoms with Gasteiger partial charge in [0.2, 0.25) is 5.89 Å². The molecule has 0 saturated carbocycles. The van der Waals surface area contributed by atoms with E-state index >= 15 is 0 Å². The van der Waals surface area contributed by atoms with Gasteiger partial charge in [-0.3, -0.25) is 4.99 Å². The Hall–Kier alpha value is -2.28. The van der Waals surface area contributed by atoms with Crippen LogP contribution in [0.1, 0.15) is 32.8 Å². The molecule has 0 fully saturated rings. The average Bonchev–Trinajstić information content (AvgIpc) is 3.00. The van der Waals surface area contributed by atoms with E-state index in [4.69, 9.17) is 9.15 Å². The smallest absolute Gasteiger partial charge is 0.426 e. The Morgan fingerprint density at radius 3 is 2.58 bits per heavy atom. The largest absolute Gasteiger partial charge is 0.445 e. The van der Waals surface area contributed by atoms with Gasteiger partial charge in [-0.2, -0.15) is 8.78 Å². The van der Waals surface area contributed by atoms with Gasteiger partial charge in [-0.25, -0.2) is 4.98 Å². The van der Waals surface area contributed by atoms with E-state index in [-0.39, 0.29) is 11.4 Å². The third-order valence-corrected chi connectivity index (χ3v) is 3.52. The fourth-order valence-corrected chi connectivity index (χ4v) is 2.19. The Morgan fingerprint density at radius 2 is 2.08 bits per heavy atom. The van der Waals surface area contributed by atoms with Gasteiger partial charge in [-0.05, 0) is 44.7 Å². The zero-order valence-electron chi connectivity index (χ0n) is 13.8. The Bertz CT molecular complexity index is 707.